The van der Waals surface area contributed by atoms with Gasteiger partial charge >= 0.3 is 0 Å². The summed E-state index contributed by atoms with van der Waals surface area (Å²) < 4.78 is 0. The number of aryl methyl sites for hydroxylation is 2. The van der Waals surface area contributed by atoms with Gasteiger partial charge in [-0.05, 0) is 13.8 Å². The molecule has 0 unspecified atom stereocenters. The Labute approximate surface area is 97.4 Å². The van der Waals surface area contributed by atoms with Gasteiger partial charge in [0.2, 0.25) is 0 Å². The van der Waals surface area contributed by atoms with E-state index in [9.17, 15) is 4.79 Å². The molecule has 0 aromatic carbocycles. The molecular weight excluding hydrogens is 222 g/mol. The van der Waals surface area contributed by atoms with Crippen molar-refractivity contribution in [1.82, 2.24) is 15.0 Å². The average molecular weight is 233 g/mol. The van der Waals surface area contributed by atoms with Gasteiger partial charge in [0.25, 0.3) is 0 Å². The van der Waals surface area contributed by atoms with Crippen LogP contribution in [0.25, 0.3) is 0 Å². The van der Waals surface area contributed by atoms with E-state index in [0.29, 0.717) is 12.0 Å². The fraction of sp³-hybridized carbons (Fsp3) is 0.273. The lowest BCUT2D eigenvalue weighted by Crippen LogP contribution is -2.04. The lowest BCUT2D eigenvalue weighted by atomic mass is 10.2. The number of aromatic nitrogens is 3. The van der Waals surface area contributed by atoms with E-state index in [4.69, 9.17) is 0 Å². The van der Waals surface area contributed by atoms with E-state index in [2.05, 4.69) is 15.0 Å². The quantitative estimate of drug-likeness (QED) is 0.761. The van der Waals surface area contributed by atoms with Crippen LogP contribution in [0.2, 0.25) is 0 Å². The molecule has 0 aliphatic rings. The molecule has 2 aromatic heterocycles. The number of carbonyl (C=O) groups excluding carboxylic acids is 1. The summed E-state index contributed by atoms with van der Waals surface area (Å²) in [6, 6.07) is 0. The molecule has 0 aliphatic heterocycles. The van der Waals surface area contributed by atoms with Crippen LogP contribution < -0.4 is 0 Å². The molecule has 0 radical (unpaired) electrons. The SMILES string of the molecule is Cc1nc(CC(=O)c2cncnc2)sc1C. The van der Waals surface area contributed by atoms with Gasteiger partial charge in [0.1, 0.15) is 11.3 Å². The van der Waals surface area contributed by atoms with Gasteiger partial charge in [0, 0.05) is 17.3 Å². The van der Waals surface area contributed by atoms with Crippen molar-refractivity contribution in [3.63, 3.8) is 0 Å². The minimum absolute atomic E-state index is 0.00866. The van der Waals surface area contributed by atoms with E-state index in [0.717, 1.165) is 15.6 Å². The number of carbonyl (C=O) groups is 1. The largest absolute Gasteiger partial charge is 0.294 e. The monoisotopic (exact) mass is 233 g/mol. The zero-order valence-electron chi connectivity index (χ0n) is 9.10. The van der Waals surface area contributed by atoms with E-state index in [1.165, 1.54) is 18.7 Å². The highest BCUT2D eigenvalue weighted by atomic mass is 32.1. The van der Waals surface area contributed by atoms with E-state index in [1.807, 2.05) is 13.8 Å². The molecule has 5 heteroatoms. The normalized spacial score (nSPS) is 10.4. The standard InChI is InChI=1S/C11H11N3OS/c1-7-8(2)16-11(14-7)3-10(15)9-4-12-6-13-5-9/h4-6H,3H2,1-2H3. The van der Waals surface area contributed by atoms with Crippen molar-refractivity contribution >= 4 is 17.1 Å². The van der Waals surface area contributed by atoms with E-state index < -0.39 is 0 Å². The van der Waals surface area contributed by atoms with Crippen LogP contribution in [0.5, 0.6) is 0 Å². The molecule has 82 valence electrons. The fourth-order valence-electron chi connectivity index (χ4n) is 1.30. The molecule has 0 saturated heterocycles. The van der Waals surface area contributed by atoms with Crippen LogP contribution in [-0.2, 0) is 6.42 Å². The van der Waals surface area contributed by atoms with Crippen molar-refractivity contribution in [3.05, 3.63) is 39.9 Å². The van der Waals surface area contributed by atoms with Crippen LogP contribution in [0.3, 0.4) is 0 Å². The maximum absolute atomic E-state index is 11.8. The third-order valence-electron chi connectivity index (χ3n) is 2.27. The minimum Gasteiger partial charge on any atom is -0.294 e. The number of hydrogen-bond donors (Lipinski definition) is 0. The first kappa shape index (κ1) is 10.9. The van der Waals surface area contributed by atoms with E-state index in [-0.39, 0.29) is 5.78 Å². The van der Waals surface area contributed by atoms with Crippen LogP contribution in [0.4, 0.5) is 0 Å². The van der Waals surface area contributed by atoms with Crippen molar-refractivity contribution in [2.45, 2.75) is 20.3 Å². The van der Waals surface area contributed by atoms with Crippen molar-refractivity contribution in [1.29, 1.82) is 0 Å². The van der Waals surface area contributed by atoms with Crippen LogP contribution in [0.15, 0.2) is 18.7 Å². The predicted octanol–water partition coefficient (Wildman–Crippen LogP) is 1.98. The summed E-state index contributed by atoms with van der Waals surface area (Å²) in [5, 5.41) is 0.851. The Bertz CT molecular complexity index is 488. The molecule has 2 aromatic rings. The summed E-state index contributed by atoms with van der Waals surface area (Å²) in [6.45, 7) is 3.96. The lowest BCUT2D eigenvalue weighted by molar-refractivity contribution is 0.0992. The molecule has 0 aliphatic carbocycles. The van der Waals surface area contributed by atoms with Gasteiger partial charge in [-0.2, -0.15) is 0 Å². The van der Waals surface area contributed by atoms with Crippen LogP contribution in [0, 0.1) is 13.8 Å². The number of thiazole rings is 1. The van der Waals surface area contributed by atoms with Crippen LogP contribution in [-0.4, -0.2) is 20.7 Å². The third-order valence-corrected chi connectivity index (χ3v) is 3.34. The van der Waals surface area contributed by atoms with Crippen molar-refractivity contribution in [2.75, 3.05) is 0 Å². The van der Waals surface area contributed by atoms with Gasteiger partial charge in [-0.25, -0.2) is 15.0 Å². The summed E-state index contributed by atoms with van der Waals surface area (Å²) in [7, 11) is 0. The Kier molecular flexibility index (Phi) is 3.05. The zero-order chi connectivity index (χ0) is 11.5. The highest BCUT2D eigenvalue weighted by Crippen LogP contribution is 2.17. The van der Waals surface area contributed by atoms with Crippen LogP contribution >= 0.6 is 11.3 Å². The average Bonchev–Trinajstić information content (AvgIpc) is 2.59. The van der Waals surface area contributed by atoms with Crippen molar-refractivity contribution in [2.24, 2.45) is 0 Å². The first-order valence-corrected chi connectivity index (χ1v) is 5.69. The number of Topliss-reactive ketones (excluding diaryl/α,β-unsaturated/α-hetero) is 1. The Morgan fingerprint density at radius 2 is 2.00 bits per heavy atom. The number of ketones is 1. The molecule has 4 nitrogen and oxygen atoms in total. The highest BCUT2D eigenvalue weighted by Gasteiger charge is 2.11. The smallest absolute Gasteiger partial charge is 0.172 e. The second kappa shape index (κ2) is 4.49. The predicted molar refractivity (Wildman–Crippen MR) is 61.7 cm³/mol. The molecule has 0 atom stereocenters. The van der Waals surface area contributed by atoms with Crippen LogP contribution in [0.1, 0.15) is 25.9 Å². The van der Waals surface area contributed by atoms with Crippen molar-refractivity contribution < 1.29 is 4.79 Å². The molecule has 16 heavy (non-hydrogen) atoms. The second-order valence-corrected chi connectivity index (χ2v) is 4.76. The Morgan fingerprint density at radius 3 is 2.56 bits per heavy atom. The number of hydrogen-bond acceptors (Lipinski definition) is 5. The maximum Gasteiger partial charge on any atom is 0.172 e. The Hall–Kier alpha value is -1.62. The first-order chi connectivity index (χ1) is 7.66. The molecule has 0 spiro atoms. The fourth-order valence-corrected chi connectivity index (χ4v) is 2.23. The van der Waals surface area contributed by atoms with Gasteiger partial charge in [0.05, 0.1) is 17.7 Å². The number of nitrogens with zero attached hydrogens (tertiary/aromatic N) is 3. The highest BCUT2D eigenvalue weighted by molar-refractivity contribution is 7.11. The number of rotatable bonds is 3. The molecule has 2 heterocycles. The molecular formula is C11H11N3OS. The first-order valence-electron chi connectivity index (χ1n) is 4.88. The lowest BCUT2D eigenvalue weighted by Gasteiger charge is -1.96. The summed E-state index contributed by atoms with van der Waals surface area (Å²) >= 11 is 1.56. The summed E-state index contributed by atoms with van der Waals surface area (Å²) in [5.74, 6) is 0.00866. The molecule has 0 amide bonds. The zero-order valence-corrected chi connectivity index (χ0v) is 9.91. The van der Waals surface area contributed by atoms with Gasteiger partial charge in [-0.15, -0.1) is 11.3 Å². The van der Waals surface area contributed by atoms with Gasteiger partial charge in [0.15, 0.2) is 5.78 Å². The molecule has 0 bridgehead atoms. The second-order valence-electron chi connectivity index (χ2n) is 3.48. The van der Waals surface area contributed by atoms with Gasteiger partial charge in [-0.1, -0.05) is 0 Å². The van der Waals surface area contributed by atoms with E-state index >= 15 is 0 Å². The topological polar surface area (TPSA) is 55.7 Å². The Balaban J connectivity index is 2.14. The molecule has 0 fully saturated rings. The van der Waals surface area contributed by atoms with Gasteiger partial charge < -0.3 is 0 Å². The third kappa shape index (κ3) is 2.30. The molecule has 2 rings (SSSR count). The van der Waals surface area contributed by atoms with E-state index in [1.54, 1.807) is 11.3 Å². The molecule has 0 saturated carbocycles. The van der Waals surface area contributed by atoms with Crippen molar-refractivity contribution in [3.8, 4) is 0 Å². The Morgan fingerprint density at radius 1 is 1.31 bits per heavy atom. The maximum atomic E-state index is 11.8. The summed E-state index contributed by atoms with van der Waals surface area (Å²) in [4.78, 5) is 25.0. The van der Waals surface area contributed by atoms with Gasteiger partial charge in [-0.3, -0.25) is 4.79 Å². The summed E-state index contributed by atoms with van der Waals surface area (Å²) in [6.07, 6.45) is 4.80. The minimum atomic E-state index is 0.00866. The summed E-state index contributed by atoms with van der Waals surface area (Å²) in [5.41, 5.74) is 1.53. The molecule has 0 N–H and O–H groups in total.